The van der Waals surface area contributed by atoms with E-state index < -0.39 is 8.32 Å². The minimum absolute atomic E-state index is 0.0290. The second kappa shape index (κ2) is 9.29. The van der Waals surface area contributed by atoms with Crippen molar-refractivity contribution in [3.8, 4) is 0 Å². The number of aliphatic hydroxyl groups excluding tert-OH is 1. The summed E-state index contributed by atoms with van der Waals surface area (Å²) in [5, 5.41) is 10.9. The van der Waals surface area contributed by atoms with Crippen LogP contribution in [0, 0.1) is 33.5 Å². The van der Waals surface area contributed by atoms with E-state index in [-0.39, 0.29) is 27.8 Å². The highest BCUT2D eigenvalue weighted by Crippen LogP contribution is 2.72. The molecule has 0 radical (unpaired) electrons. The quantitative estimate of drug-likeness (QED) is 0.349. The molecule has 0 aliphatic heterocycles. The molecule has 4 aliphatic rings. The molecule has 0 saturated heterocycles. The Labute approximate surface area is 229 Å². The van der Waals surface area contributed by atoms with Crippen LogP contribution in [-0.2, 0) is 9.16 Å². The Hall–Kier alpha value is -1.00. The normalized spacial score (nSPS) is 39.4. The molecule has 0 amide bonds. The zero-order valence-corrected chi connectivity index (χ0v) is 27.0. The maximum atomic E-state index is 10.9. The second-order valence-electron chi connectivity index (χ2n) is 15.1. The van der Waals surface area contributed by atoms with Crippen LogP contribution in [0.25, 0.3) is 0 Å². The number of rotatable bonds is 6. The lowest BCUT2D eigenvalue weighted by Crippen LogP contribution is -2.62. The number of hydrogen-bond acceptors (Lipinski definition) is 3. The number of fused-ring (bicyclic) bond motifs is 5. The average molecular weight is 529 g/mol. The molecular weight excluding hydrogens is 472 g/mol. The Morgan fingerprint density at radius 1 is 0.892 bits per heavy atom. The van der Waals surface area contributed by atoms with Crippen LogP contribution in [0.4, 0.5) is 0 Å². The van der Waals surface area contributed by atoms with Crippen molar-refractivity contribution in [2.24, 2.45) is 33.5 Å². The minimum atomic E-state index is -2.11. The van der Waals surface area contributed by atoms with Gasteiger partial charge in [0, 0.05) is 11.0 Å². The molecule has 0 unspecified atom stereocenters. The Bertz CT molecular complexity index is 966. The fourth-order valence-corrected chi connectivity index (χ4v) is 15.6. The Morgan fingerprint density at radius 3 is 2.03 bits per heavy atom. The first-order chi connectivity index (χ1) is 17.0. The SMILES string of the molecule is COC1=C(O[Si](C(C)C)(C(C)C)C(C)C)C=C[C@]2(C)C1=CC[C@@H]1[C@@]3(C)CC[C@H](O)C(C)(C)[C@@H]3CC[C@]12C. The van der Waals surface area contributed by atoms with E-state index in [1.807, 2.05) is 7.11 Å². The fraction of sp³-hybridized carbons (Fsp3) is 0.818. The topological polar surface area (TPSA) is 38.7 Å². The van der Waals surface area contributed by atoms with Gasteiger partial charge in [0.15, 0.2) is 5.76 Å². The minimum Gasteiger partial charge on any atom is -0.540 e. The third-order valence-electron chi connectivity index (χ3n) is 12.6. The predicted molar refractivity (Wildman–Crippen MR) is 158 cm³/mol. The summed E-state index contributed by atoms with van der Waals surface area (Å²) in [5.41, 5.74) is 3.13. The van der Waals surface area contributed by atoms with E-state index in [4.69, 9.17) is 9.16 Å². The molecule has 4 rings (SSSR count). The number of hydrogen-bond donors (Lipinski definition) is 1. The van der Waals surface area contributed by atoms with Gasteiger partial charge in [-0.05, 0) is 82.9 Å². The first-order valence-corrected chi connectivity index (χ1v) is 17.2. The van der Waals surface area contributed by atoms with Crippen molar-refractivity contribution in [3.63, 3.8) is 0 Å². The third-order valence-corrected chi connectivity index (χ3v) is 18.6. The monoisotopic (exact) mass is 528 g/mol. The van der Waals surface area contributed by atoms with Crippen molar-refractivity contribution in [1.29, 1.82) is 0 Å². The first kappa shape index (κ1) is 29.0. The predicted octanol–water partition coefficient (Wildman–Crippen LogP) is 9.16. The third kappa shape index (κ3) is 3.81. The maximum Gasteiger partial charge on any atom is 0.258 e. The standard InChI is InChI=1S/C33H56O3Si/c1-21(2)37(22(3)4,23(5)6)36-25-15-19-32(10)24(29(25)35-12)13-14-27-31(9)18-17-28(34)30(7,8)26(31)16-20-33(27,32)11/h13,15,19,21-23,26-28,34H,14,16-18,20H2,1-12H3/t26-,27+,28-,31-,32+,33+/m0/s1. The molecule has 0 aromatic rings. The zero-order valence-electron chi connectivity index (χ0n) is 26.0. The summed E-state index contributed by atoms with van der Waals surface area (Å²) in [4.78, 5) is 0. The average Bonchev–Trinajstić information content (AvgIpc) is 2.79. The fourth-order valence-electron chi connectivity index (χ4n) is 10.3. The van der Waals surface area contributed by atoms with Crippen LogP contribution in [0.3, 0.4) is 0 Å². The van der Waals surface area contributed by atoms with Crippen molar-refractivity contribution in [2.45, 2.75) is 131 Å². The lowest BCUT2D eigenvalue weighted by Gasteiger charge is -2.68. The van der Waals surface area contributed by atoms with Gasteiger partial charge in [0.05, 0.1) is 13.2 Å². The van der Waals surface area contributed by atoms with E-state index in [0.717, 1.165) is 30.8 Å². The lowest BCUT2D eigenvalue weighted by atomic mass is 9.36. The van der Waals surface area contributed by atoms with Crippen LogP contribution in [0.5, 0.6) is 0 Å². The van der Waals surface area contributed by atoms with Crippen LogP contribution in [0.2, 0.25) is 16.6 Å². The van der Waals surface area contributed by atoms with Gasteiger partial charge in [0.1, 0.15) is 5.76 Å². The van der Waals surface area contributed by atoms with Crippen molar-refractivity contribution in [1.82, 2.24) is 0 Å². The van der Waals surface area contributed by atoms with Gasteiger partial charge in [-0.25, -0.2) is 0 Å². The molecule has 0 aromatic carbocycles. The van der Waals surface area contributed by atoms with Gasteiger partial charge in [-0.1, -0.05) is 88.3 Å². The Morgan fingerprint density at radius 2 is 1.49 bits per heavy atom. The Balaban J connectivity index is 1.79. The van der Waals surface area contributed by atoms with E-state index >= 15 is 0 Å². The maximum absolute atomic E-state index is 10.9. The smallest absolute Gasteiger partial charge is 0.258 e. The highest BCUT2D eigenvalue weighted by Gasteiger charge is 2.66. The molecule has 4 aliphatic carbocycles. The summed E-state index contributed by atoms with van der Waals surface area (Å²) in [7, 11) is -0.272. The zero-order chi connectivity index (χ0) is 27.8. The van der Waals surface area contributed by atoms with E-state index in [1.54, 1.807) is 0 Å². The molecule has 3 nitrogen and oxygen atoms in total. The molecule has 4 heteroatoms. The van der Waals surface area contributed by atoms with Crippen molar-refractivity contribution >= 4 is 8.32 Å². The summed E-state index contributed by atoms with van der Waals surface area (Å²) in [6, 6.07) is 0. The summed E-state index contributed by atoms with van der Waals surface area (Å²) >= 11 is 0. The van der Waals surface area contributed by atoms with E-state index in [2.05, 4.69) is 94.4 Å². The van der Waals surface area contributed by atoms with Gasteiger partial charge < -0.3 is 14.3 Å². The molecule has 0 bridgehead atoms. The van der Waals surface area contributed by atoms with Gasteiger partial charge in [0.2, 0.25) is 0 Å². The largest absolute Gasteiger partial charge is 0.540 e. The van der Waals surface area contributed by atoms with Crippen LogP contribution in [-0.4, -0.2) is 26.6 Å². The van der Waals surface area contributed by atoms with E-state index in [0.29, 0.717) is 28.5 Å². The van der Waals surface area contributed by atoms with E-state index in [9.17, 15) is 5.11 Å². The van der Waals surface area contributed by atoms with Crippen molar-refractivity contribution in [2.75, 3.05) is 7.11 Å². The van der Waals surface area contributed by atoms with Gasteiger partial charge in [-0.15, -0.1) is 0 Å². The van der Waals surface area contributed by atoms with Crippen LogP contribution < -0.4 is 0 Å². The molecular formula is C33H56O3Si. The van der Waals surface area contributed by atoms with E-state index in [1.165, 1.54) is 18.4 Å². The molecule has 0 aromatic heterocycles. The van der Waals surface area contributed by atoms with Gasteiger partial charge in [-0.2, -0.15) is 0 Å². The highest BCUT2D eigenvalue weighted by molar-refractivity contribution is 6.77. The summed E-state index contributed by atoms with van der Waals surface area (Å²) < 4.78 is 13.5. The first-order valence-electron chi connectivity index (χ1n) is 15.1. The molecule has 0 heterocycles. The molecule has 2 fully saturated rings. The number of methoxy groups -OCH3 is 1. The van der Waals surface area contributed by atoms with Crippen molar-refractivity contribution < 1.29 is 14.3 Å². The van der Waals surface area contributed by atoms with Crippen LogP contribution in [0.1, 0.15) is 108 Å². The molecule has 2 saturated carbocycles. The van der Waals surface area contributed by atoms with Crippen LogP contribution >= 0.6 is 0 Å². The van der Waals surface area contributed by atoms with Crippen molar-refractivity contribution in [3.05, 3.63) is 35.3 Å². The molecule has 0 spiro atoms. The molecule has 6 atom stereocenters. The Kier molecular flexibility index (Phi) is 7.28. The van der Waals surface area contributed by atoms with Gasteiger partial charge >= 0.3 is 0 Å². The molecule has 37 heavy (non-hydrogen) atoms. The number of aliphatic hydroxyl groups is 1. The molecule has 210 valence electrons. The summed E-state index contributed by atoms with van der Waals surface area (Å²) in [6.45, 7) is 26.3. The number of allylic oxidation sites excluding steroid dienone is 4. The summed E-state index contributed by atoms with van der Waals surface area (Å²) in [6.07, 6.45) is 12.6. The summed E-state index contributed by atoms with van der Waals surface area (Å²) in [5.74, 6) is 3.06. The van der Waals surface area contributed by atoms with Crippen LogP contribution in [0.15, 0.2) is 35.3 Å². The van der Waals surface area contributed by atoms with Gasteiger partial charge in [0.25, 0.3) is 8.32 Å². The highest BCUT2D eigenvalue weighted by atomic mass is 28.4. The molecule has 1 N–H and O–H groups in total. The second-order valence-corrected chi connectivity index (χ2v) is 20.5. The lowest BCUT2D eigenvalue weighted by molar-refractivity contribution is -0.188. The number of ether oxygens (including phenoxy) is 1. The van der Waals surface area contributed by atoms with Gasteiger partial charge in [-0.3, -0.25) is 0 Å².